The first-order chi connectivity index (χ1) is 10.1. The van der Waals surface area contributed by atoms with Gasteiger partial charge in [-0.3, -0.25) is 4.79 Å². The van der Waals surface area contributed by atoms with Gasteiger partial charge in [0, 0.05) is 6.54 Å². The summed E-state index contributed by atoms with van der Waals surface area (Å²) in [5.74, 6) is -0.880. The van der Waals surface area contributed by atoms with E-state index in [-0.39, 0.29) is 30.2 Å². The van der Waals surface area contributed by atoms with Crippen LogP contribution in [0.1, 0.15) is 23.7 Å². The quantitative estimate of drug-likeness (QED) is 0.855. The molecule has 2 rings (SSSR count). The molecule has 0 aliphatic heterocycles. The number of carbonyl (C=O) groups excluding carboxylic acids is 1. The standard InChI is InChI=1S/C16H17NO4/c1-2-17-15(18)7-8-21-14-10-12-6-4-3-5-11(12)9-13(14)16(19)20/h3-6,9-10H,2,7-8H2,1H3,(H,17,18)(H,19,20). The van der Waals surface area contributed by atoms with Crippen LogP contribution in [0.15, 0.2) is 36.4 Å². The maximum atomic E-state index is 11.4. The number of aromatic carboxylic acids is 1. The summed E-state index contributed by atoms with van der Waals surface area (Å²) in [6.45, 7) is 2.55. The molecule has 0 bridgehead atoms. The van der Waals surface area contributed by atoms with E-state index in [0.29, 0.717) is 6.54 Å². The van der Waals surface area contributed by atoms with Gasteiger partial charge in [0.25, 0.3) is 0 Å². The third-order valence-corrected chi connectivity index (χ3v) is 3.04. The van der Waals surface area contributed by atoms with Crippen LogP contribution in [0.4, 0.5) is 0 Å². The summed E-state index contributed by atoms with van der Waals surface area (Å²) >= 11 is 0. The number of carboxylic acids is 1. The lowest BCUT2D eigenvalue weighted by atomic mass is 10.1. The average Bonchev–Trinajstić information content (AvgIpc) is 2.46. The molecule has 0 saturated carbocycles. The number of fused-ring (bicyclic) bond motifs is 1. The van der Waals surface area contributed by atoms with Crippen LogP contribution >= 0.6 is 0 Å². The molecule has 0 aliphatic carbocycles. The van der Waals surface area contributed by atoms with E-state index in [9.17, 15) is 14.7 Å². The Bertz CT molecular complexity index is 666. The summed E-state index contributed by atoms with van der Waals surface area (Å²) in [5, 5.41) is 13.7. The molecule has 0 spiro atoms. The SMILES string of the molecule is CCNC(=O)CCOc1cc2ccccc2cc1C(=O)O. The highest BCUT2D eigenvalue weighted by atomic mass is 16.5. The van der Waals surface area contributed by atoms with Crippen LogP contribution in [0.25, 0.3) is 10.8 Å². The van der Waals surface area contributed by atoms with Crippen LogP contribution in [0.5, 0.6) is 5.75 Å². The van der Waals surface area contributed by atoms with E-state index in [4.69, 9.17) is 4.74 Å². The second-order valence-corrected chi connectivity index (χ2v) is 4.55. The Balaban J connectivity index is 2.19. The van der Waals surface area contributed by atoms with Crippen molar-refractivity contribution in [3.8, 4) is 5.75 Å². The number of carbonyl (C=O) groups is 2. The fraction of sp³-hybridized carbons (Fsp3) is 0.250. The van der Waals surface area contributed by atoms with Crippen molar-refractivity contribution in [2.24, 2.45) is 0 Å². The Morgan fingerprint density at radius 1 is 1.19 bits per heavy atom. The molecule has 0 fully saturated rings. The fourth-order valence-electron chi connectivity index (χ4n) is 2.05. The van der Waals surface area contributed by atoms with Crippen molar-refractivity contribution in [3.63, 3.8) is 0 Å². The summed E-state index contributed by atoms with van der Waals surface area (Å²) in [4.78, 5) is 22.7. The first kappa shape index (κ1) is 14.8. The topological polar surface area (TPSA) is 75.6 Å². The Kier molecular flexibility index (Phi) is 4.77. The van der Waals surface area contributed by atoms with Crippen LogP contribution in [-0.2, 0) is 4.79 Å². The summed E-state index contributed by atoms with van der Waals surface area (Å²) in [5.41, 5.74) is 0.101. The zero-order valence-corrected chi connectivity index (χ0v) is 11.8. The number of hydrogen-bond donors (Lipinski definition) is 2. The van der Waals surface area contributed by atoms with E-state index < -0.39 is 5.97 Å². The molecule has 0 unspecified atom stereocenters. The molecule has 5 heteroatoms. The molecule has 0 saturated heterocycles. The van der Waals surface area contributed by atoms with Crippen LogP contribution in [0.3, 0.4) is 0 Å². The third-order valence-electron chi connectivity index (χ3n) is 3.04. The van der Waals surface area contributed by atoms with E-state index in [1.54, 1.807) is 12.1 Å². The number of ether oxygens (including phenoxy) is 1. The first-order valence-electron chi connectivity index (χ1n) is 6.77. The number of rotatable bonds is 6. The van der Waals surface area contributed by atoms with Gasteiger partial charge in [0.2, 0.25) is 5.91 Å². The van der Waals surface area contributed by atoms with Gasteiger partial charge in [-0.15, -0.1) is 0 Å². The van der Waals surface area contributed by atoms with E-state index in [0.717, 1.165) is 10.8 Å². The number of hydrogen-bond acceptors (Lipinski definition) is 3. The van der Waals surface area contributed by atoms with Gasteiger partial charge < -0.3 is 15.2 Å². The zero-order chi connectivity index (χ0) is 15.2. The highest BCUT2D eigenvalue weighted by Gasteiger charge is 2.13. The molecular weight excluding hydrogens is 270 g/mol. The predicted molar refractivity (Wildman–Crippen MR) is 79.7 cm³/mol. The van der Waals surface area contributed by atoms with Crippen molar-refractivity contribution in [1.82, 2.24) is 5.32 Å². The second-order valence-electron chi connectivity index (χ2n) is 4.55. The molecule has 0 aromatic heterocycles. The number of nitrogens with one attached hydrogen (secondary N) is 1. The molecule has 0 radical (unpaired) electrons. The van der Waals surface area contributed by atoms with E-state index >= 15 is 0 Å². The minimum atomic E-state index is -1.05. The number of benzene rings is 2. The molecule has 110 valence electrons. The van der Waals surface area contributed by atoms with Gasteiger partial charge in [-0.25, -0.2) is 4.79 Å². The van der Waals surface area contributed by atoms with Gasteiger partial charge in [-0.05, 0) is 29.8 Å². The summed E-state index contributed by atoms with van der Waals surface area (Å²) in [6.07, 6.45) is 0.194. The first-order valence-corrected chi connectivity index (χ1v) is 6.77. The minimum absolute atomic E-state index is 0.101. The zero-order valence-electron chi connectivity index (χ0n) is 11.8. The van der Waals surface area contributed by atoms with Crippen molar-refractivity contribution in [2.45, 2.75) is 13.3 Å². The van der Waals surface area contributed by atoms with Gasteiger partial charge >= 0.3 is 5.97 Å². The molecule has 1 amide bonds. The highest BCUT2D eigenvalue weighted by molar-refractivity contribution is 5.97. The lowest BCUT2D eigenvalue weighted by Gasteiger charge is -2.10. The molecule has 0 aliphatic rings. The Morgan fingerprint density at radius 2 is 1.86 bits per heavy atom. The van der Waals surface area contributed by atoms with Crippen molar-refractivity contribution < 1.29 is 19.4 Å². The molecule has 0 heterocycles. The normalized spacial score (nSPS) is 10.3. The maximum absolute atomic E-state index is 11.4. The third kappa shape index (κ3) is 3.72. The molecule has 0 atom stereocenters. The van der Waals surface area contributed by atoms with Crippen molar-refractivity contribution in [3.05, 3.63) is 42.0 Å². The maximum Gasteiger partial charge on any atom is 0.339 e. The van der Waals surface area contributed by atoms with Crippen LogP contribution in [0, 0.1) is 0 Å². The number of carboxylic acid groups (broad SMARTS) is 1. The minimum Gasteiger partial charge on any atom is -0.492 e. The van der Waals surface area contributed by atoms with Crippen molar-refractivity contribution >= 4 is 22.6 Å². The van der Waals surface area contributed by atoms with E-state index in [1.165, 1.54) is 0 Å². The molecule has 5 nitrogen and oxygen atoms in total. The van der Waals surface area contributed by atoms with Crippen LogP contribution < -0.4 is 10.1 Å². The molecular formula is C16H17NO4. The highest BCUT2D eigenvalue weighted by Crippen LogP contribution is 2.26. The van der Waals surface area contributed by atoms with E-state index in [2.05, 4.69) is 5.32 Å². The number of amides is 1. The Labute approximate surface area is 122 Å². The van der Waals surface area contributed by atoms with Gasteiger partial charge in [-0.2, -0.15) is 0 Å². The van der Waals surface area contributed by atoms with Crippen LogP contribution in [0.2, 0.25) is 0 Å². The molecule has 21 heavy (non-hydrogen) atoms. The average molecular weight is 287 g/mol. The van der Waals surface area contributed by atoms with Crippen molar-refractivity contribution in [2.75, 3.05) is 13.2 Å². The predicted octanol–water partition coefficient (Wildman–Crippen LogP) is 2.44. The monoisotopic (exact) mass is 287 g/mol. The smallest absolute Gasteiger partial charge is 0.339 e. The lowest BCUT2D eigenvalue weighted by Crippen LogP contribution is -2.24. The molecule has 2 N–H and O–H groups in total. The van der Waals surface area contributed by atoms with Gasteiger partial charge in [0.05, 0.1) is 13.0 Å². The summed E-state index contributed by atoms with van der Waals surface area (Å²) < 4.78 is 5.48. The Hall–Kier alpha value is -2.56. The van der Waals surface area contributed by atoms with Gasteiger partial charge in [-0.1, -0.05) is 24.3 Å². The lowest BCUT2D eigenvalue weighted by molar-refractivity contribution is -0.121. The Morgan fingerprint density at radius 3 is 2.48 bits per heavy atom. The second kappa shape index (κ2) is 6.74. The summed E-state index contributed by atoms with van der Waals surface area (Å²) in [6, 6.07) is 10.7. The van der Waals surface area contributed by atoms with Crippen molar-refractivity contribution in [1.29, 1.82) is 0 Å². The van der Waals surface area contributed by atoms with Gasteiger partial charge in [0.15, 0.2) is 0 Å². The van der Waals surface area contributed by atoms with Crippen LogP contribution in [-0.4, -0.2) is 30.1 Å². The van der Waals surface area contributed by atoms with Gasteiger partial charge in [0.1, 0.15) is 11.3 Å². The summed E-state index contributed by atoms with van der Waals surface area (Å²) in [7, 11) is 0. The molecule has 2 aromatic rings. The largest absolute Gasteiger partial charge is 0.492 e. The molecule has 2 aromatic carbocycles. The van der Waals surface area contributed by atoms with E-state index in [1.807, 2.05) is 31.2 Å². The fourth-order valence-corrected chi connectivity index (χ4v) is 2.05.